The van der Waals surface area contributed by atoms with Crippen molar-refractivity contribution in [3.8, 4) is 6.07 Å². The molecule has 1 aliphatic heterocycles. The Morgan fingerprint density at radius 2 is 1.86 bits per heavy atom. The van der Waals surface area contributed by atoms with Gasteiger partial charge in [-0.1, -0.05) is 64.4 Å². The lowest BCUT2D eigenvalue weighted by molar-refractivity contribution is -0.122. The maximum atomic E-state index is 12.5. The molecular weight excluding hydrogens is 446 g/mol. The number of rotatable bonds is 7. The Morgan fingerprint density at radius 3 is 2.40 bits per heavy atom. The fourth-order valence-electron chi connectivity index (χ4n) is 3.33. The summed E-state index contributed by atoms with van der Waals surface area (Å²) < 4.78 is 10.3. The normalized spacial score (nSPS) is 14.6. The van der Waals surface area contributed by atoms with Crippen LogP contribution in [0.1, 0.15) is 53.0 Å². The van der Waals surface area contributed by atoms with Crippen molar-refractivity contribution in [3.63, 3.8) is 0 Å². The molecule has 2 N–H and O–H groups in total. The summed E-state index contributed by atoms with van der Waals surface area (Å²) in [6.45, 7) is 12.2. The van der Waals surface area contributed by atoms with Crippen molar-refractivity contribution >= 4 is 18.0 Å². The fourth-order valence-corrected chi connectivity index (χ4v) is 3.33. The predicted molar refractivity (Wildman–Crippen MR) is 137 cm³/mol. The molecule has 1 aromatic rings. The van der Waals surface area contributed by atoms with Gasteiger partial charge in [-0.05, 0) is 30.7 Å². The molecule has 0 radical (unpaired) electrons. The third-order valence-corrected chi connectivity index (χ3v) is 4.91. The largest absolute Gasteiger partial charge is 0.450 e. The van der Waals surface area contributed by atoms with Gasteiger partial charge in [0.05, 0.1) is 25.9 Å². The quantitative estimate of drug-likeness (QED) is 0.345. The number of ether oxygens (including phenoxy) is 2. The number of guanidine groups is 1. The van der Waals surface area contributed by atoms with Crippen LogP contribution in [0.4, 0.5) is 4.79 Å². The van der Waals surface area contributed by atoms with Crippen LogP contribution in [-0.2, 0) is 20.7 Å². The van der Waals surface area contributed by atoms with Gasteiger partial charge in [-0.3, -0.25) is 10.1 Å². The first-order valence-electron chi connectivity index (χ1n) is 12.2. The molecule has 0 saturated carbocycles. The highest BCUT2D eigenvalue weighted by Crippen LogP contribution is 2.23. The summed E-state index contributed by atoms with van der Waals surface area (Å²) in [5.74, 6) is -0.0639. The highest BCUT2D eigenvalue weighted by molar-refractivity contribution is 5.95. The third kappa shape index (κ3) is 13.4. The van der Waals surface area contributed by atoms with Gasteiger partial charge in [0, 0.05) is 13.1 Å². The lowest BCUT2D eigenvalue weighted by Gasteiger charge is -2.31. The Balaban J connectivity index is 0.000000566. The number of aliphatic imine (C=N–C) groups is 1. The molecule has 2 rings (SSSR count). The number of hydrogen-bond donors (Lipinski definition) is 2. The number of hydrogen-bond acceptors (Lipinski definition) is 6. The molecule has 0 bridgehead atoms. The van der Waals surface area contributed by atoms with Gasteiger partial charge in [-0.2, -0.15) is 5.26 Å². The van der Waals surface area contributed by atoms with Crippen LogP contribution in [0.3, 0.4) is 0 Å². The van der Waals surface area contributed by atoms with Crippen LogP contribution in [0.25, 0.3) is 0 Å². The molecule has 9 heteroatoms. The zero-order chi connectivity index (χ0) is 26.1. The molecule has 35 heavy (non-hydrogen) atoms. The zero-order valence-corrected chi connectivity index (χ0v) is 21.8. The summed E-state index contributed by atoms with van der Waals surface area (Å²) in [5, 5.41) is 13.9. The first-order valence-corrected chi connectivity index (χ1v) is 12.2. The first kappa shape index (κ1) is 29.9. The maximum Gasteiger partial charge on any atom is 0.413 e. The molecule has 0 aromatic heterocycles. The highest BCUT2D eigenvalue weighted by atomic mass is 16.5. The average molecular weight is 488 g/mol. The van der Waals surface area contributed by atoms with Crippen LogP contribution >= 0.6 is 0 Å². The fraction of sp³-hybridized carbons (Fsp3) is 0.615. The minimum Gasteiger partial charge on any atom is -0.450 e. The summed E-state index contributed by atoms with van der Waals surface area (Å²) in [6.07, 6.45) is 2.29. The minimum absolute atomic E-state index is 0.0901. The van der Waals surface area contributed by atoms with E-state index in [-0.39, 0.29) is 30.4 Å². The van der Waals surface area contributed by atoms with Gasteiger partial charge in [0.1, 0.15) is 12.6 Å². The number of amides is 2. The van der Waals surface area contributed by atoms with E-state index in [1.807, 2.05) is 31.7 Å². The van der Waals surface area contributed by atoms with E-state index in [4.69, 9.17) is 14.7 Å². The summed E-state index contributed by atoms with van der Waals surface area (Å²) in [6, 6.07) is 11.7. The number of morpholine rings is 1. The van der Waals surface area contributed by atoms with Crippen LogP contribution < -0.4 is 10.6 Å². The Morgan fingerprint density at radius 1 is 1.20 bits per heavy atom. The SMILES string of the molecule is CCCc1ccccc1.CCOC(=O)NC(=N[C@@H](CC(C)(C)C)C(=O)NCC#N)N1CCOCC1. The summed E-state index contributed by atoms with van der Waals surface area (Å²) in [5.41, 5.74) is 1.28. The predicted octanol–water partition coefficient (Wildman–Crippen LogP) is 3.50. The topological polar surface area (TPSA) is 116 Å². The Kier molecular flexibility index (Phi) is 14.1. The highest BCUT2D eigenvalue weighted by Gasteiger charge is 2.27. The van der Waals surface area contributed by atoms with E-state index < -0.39 is 12.1 Å². The number of alkyl carbamates (subject to hydrolysis) is 1. The monoisotopic (exact) mass is 487 g/mol. The van der Waals surface area contributed by atoms with Crippen LogP contribution in [0.2, 0.25) is 0 Å². The van der Waals surface area contributed by atoms with E-state index in [2.05, 4.69) is 52.9 Å². The molecule has 2 amide bonds. The minimum atomic E-state index is -0.733. The van der Waals surface area contributed by atoms with Gasteiger partial charge >= 0.3 is 6.09 Å². The van der Waals surface area contributed by atoms with Gasteiger partial charge < -0.3 is 19.7 Å². The molecule has 1 atom stereocenters. The second kappa shape index (κ2) is 16.5. The molecule has 0 unspecified atom stereocenters. The van der Waals surface area contributed by atoms with Crippen molar-refractivity contribution in [2.75, 3.05) is 39.5 Å². The maximum absolute atomic E-state index is 12.5. The van der Waals surface area contributed by atoms with E-state index in [0.717, 1.165) is 0 Å². The molecule has 1 fully saturated rings. The summed E-state index contributed by atoms with van der Waals surface area (Å²) in [4.78, 5) is 30.7. The molecule has 9 nitrogen and oxygen atoms in total. The molecule has 0 aliphatic carbocycles. The molecular formula is C26H41N5O4. The number of carbonyl (C=O) groups excluding carboxylic acids is 2. The van der Waals surface area contributed by atoms with Crippen LogP contribution in [0, 0.1) is 16.7 Å². The lowest BCUT2D eigenvalue weighted by Crippen LogP contribution is -2.50. The van der Waals surface area contributed by atoms with Gasteiger partial charge in [0.15, 0.2) is 0 Å². The molecule has 1 heterocycles. The van der Waals surface area contributed by atoms with E-state index in [1.54, 1.807) is 6.92 Å². The van der Waals surface area contributed by atoms with Crippen molar-refractivity contribution in [3.05, 3.63) is 35.9 Å². The second-order valence-electron chi connectivity index (χ2n) is 9.29. The summed E-state index contributed by atoms with van der Waals surface area (Å²) in [7, 11) is 0. The number of carbonyl (C=O) groups is 2. The van der Waals surface area contributed by atoms with Crippen molar-refractivity contribution < 1.29 is 19.1 Å². The molecule has 1 aliphatic rings. The zero-order valence-electron chi connectivity index (χ0n) is 21.8. The van der Waals surface area contributed by atoms with E-state index in [0.29, 0.717) is 32.7 Å². The smallest absolute Gasteiger partial charge is 0.413 e. The van der Waals surface area contributed by atoms with Crippen molar-refractivity contribution in [2.45, 2.75) is 59.9 Å². The van der Waals surface area contributed by atoms with Crippen molar-refractivity contribution in [1.29, 1.82) is 5.26 Å². The second-order valence-corrected chi connectivity index (χ2v) is 9.29. The average Bonchev–Trinajstić information content (AvgIpc) is 2.83. The molecule has 194 valence electrons. The third-order valence-electron chi connectivity index (χ3n) is 4.91. The van der Waals surface area contributed by atoms with Gasteiger partial charge in [0.2, 0.25) is 11.9 Å². The van der Waals surface area contributed by atoms with E-state index in [9.17, 15) is 9.59 Å². The standard InChI is InChI=1S/C17H29N5O4.C9H12/c1-5-26-16(24)21-15(22-8-10-25-11-9-22)20-13(12-17(2,3)4)14(23)19-7-6-18;1-2-6-9-7-4-3-5-8-9/h13H,5,7-12H2,1-4H3,(H,19,23)(H,20,21,24);3-5,7-8H,2,6H2,1H3/t13-;/m0./s1. The van der Waals surface area contributed by atoms with Crippen LogP contribution in [0.15, 0.2) is 35.3 Å². The Hall–Kier alpha value is -3.12. The summed E-state index contributed by atoms with van der Waals surface area (Å²) >= 11 is 0. The number of aryl methyl sites for hydroxylation is 1. The number of nitriles is 1. The molecule has 1 aromatic carbocycles. The number of nitrogens with one attached hydrogen (secondary N) is 2. The van der Waals surface area contributed by atoms with Crippen LogP contribution in [-0.4, -0.2) is 68.4 Å². The first-order chi connectivity index (χ1) is 16.7. The number of benzene rings is 1. The molecule has 0 spiro atoms. The van der Waals surface area contributed by atoms with Gasteiger partial charge in [0.25, 0.3) is 0 Å². The van der Waals surface area contributed by atoms with Crippen molar-refractivity contribution in [1.82, 2.24) is 15.5 Å². The van der Waals surface area contributed by atoms with Crippen LogP contribution in [0.5, 0.6) is 0 Å². The van der Waals surface area contributed by atoms with E-state index >= 15 is 0 Å². The van der Waals surface area contributed by atoms with Gasteiger partial charge in [-0.15, -0.1) is 0 Å². The Labute approximate surface area is 209 Å². The number of nitrogens with zero attached hydrogens (tertiary/aromatic N) is 3. The Bertz CT molecular complexity index is 824. The lowest BCUT2D eigenvalue weighted by atomic mass is 9.88. The van der Waals surface area contributed by atoms with Crippen molar-refractivity contribution in [2.24, 2.45) is 10.4 Å². The molecule has 1 saturated heterocycles. The van der Waals surface area contributed by atoms with E-state index in [1.165, 1.54) is 18.4 Å². The van der Waals surface area contributed by atoms with Gasteiger partial charge in [-0.25, -0.2) is 9.79 Å².